The second-order valence-electron chi connectivity index (χ2n) is 5.63. The van der Waals surface area contributed by atoms with Gasteiger partial charge in [-0.3, -0.25) is 0 Å². The Labute approximate surface area is 135 Å². The topological polar surface area (TPSA) is 0 Å². The average molecular weight is 325 g/mol. The zero-order valence-corrected chi connectivity index (χ0v) is 13.8. The van der Waals surface area contributed by atoms with Gasteiger partial charge in [-0.25, -0.2) is 4.39 Å². The third kappa shape index (κ3) is 3.41. The maximum absolute atomic E-state index is 14.2. The molecule has 0 aliphatic carbocycles. The van der Waals surface area contributed by atoms with Crippen LogP contribution in [0.15, 0.2) is 42.5 Å². The third-order valence-corrected chi connectivity index (χ3v) is 5.01. The van der Waals surface area contributed by atoms with Crippen molar-refractivity contribution in [2.24, 2.45) is 0 Å². The second kappa shape index (κ2) is 6.81. The van der Waals surface area contributed by atoms with Crippen LogP contribution in [0.4, 0.5) is 4.39 Å². The normalized spacial score (nSPS) is 11.7. The molecule has 3 heteroatoms. The summed E-state index contributed by atoms with van der Waals surface area (Å²) in [5.41, 5.74) is 3.53. The van der Waals surface area contributed by atoms with Gasteiger partial charge in [-0.1, -0.05) is 42.0 Å². The Bertz CT molecular complexity index is 618. The lowest BCUT2D eigenvalue weighted by Gasteiger charge is -2.31. The van der Waals surface area contributed by atoms with E-state index in [2.05, 4.69) is 32.0 Å². The summed E-state index contributed by atoms with van der Waals surface area (Å²) >= 11 is 12.4. The number of alkyl halides is 2. The van der Waals surface area contributed by atoms with Gasteiger partial charge < -0.3 is 0 Å². The minimum Gasteiger partial charge on any atom is -0.207 e. The summed E-state index contributed by atoms with van der Waals surface area (Å²) in [6, 6.07) is 13.0. The summed E-state index contributed by atoms with van der Waals surface area (Å²) in [7, 11) is 0. The molecule has 0 aliphatic rings. The van der Waals surface area contributed by atoms with E-state index in [1.54, 1.807) is 12.1 Å². The Hall–Kier alpha value is -1.05. The number of benzene rings is 2. The van der Waals surface area contributed by atoms with Crippen molar-refractivity contribution in [3.8, 4) is 0 Å². The van der Waals surface area contributed by atoms with Crippen LogP contribution in [0, 0.1) is 19.7 Å². The molecule has 0 heterocycles. The summed E-state index contributed by atoms with van der Waals surface area (Å²) < 4.78 is 14.2. The van der Waals surface area contributed by atoms with Gasteiger partial charge in [0.1, 0.15) is 5.82 Å². The maximum Gasteiger partial charge on any atom is 0.127 e. The Morgan fingerprint density at radius 3 is 2.29 bits per heavy atom. The molecule has 0 atom stereocenters. The van der Waals surface area contributed by atoms with Gasteiger partial charge in [-0.05, 0) is 43.0 Å². The summed E-state index contributed by atoms with van der Waals surface area (Å²) in [4.78, 5) is 0. The minimum atomic E-state index is -0.590. The van der Waals surface area contributed by atoms with E-state index in [0.717, 1.165) is 0 Å². The fraction of sp³-hybridized carbons (Fsp3) is 0.333. The predicted octanol–water partition coefficient (Wildman–Crippen LogP) is 5.40. The molecule has 2 rings (SSSR count). The van der Waals surface area contributed by atoms with E-state index in [1.165, 1.54) is 22.8 Å². The van der Waals surface area contributed by atoms with Crippen molar-refractivity contribution in [1.29, 1.82) is 0 Å². The molecular weight excluding hydrogens is 306 g/mol. The summed E-state index contributed by atoms with van der Waals surface area (Å²) in [6.45, 7) is 4.11. The van der Waals surface area contributed by atoms with Gasteiger partial charge in [0.25, 0.3) is 0 Å². The van der Waals surface area contributed by atoms with Crippen LogP contribution in [0.2, 0.25) is 0 Å². The number of halogens is 3. The molecular formula is C18H19Cl2F. The van der Waals surface area contributed by atoms with E-state index in [0.29, 0.717) is 12.0 Å². The van der Waals surface area contributed by atoms with Crippen LogP contribution < -0.4 is 0 Å². The van der Waals surface area contributed by atoms with Gasteiger partial charge in [0.05, 0.1) is 0 Å². The predicted molar refractivity (Wildman–Crippen MR) is 89.1 cm³/mol. The summed E-state index contributed by atoms with van der Waals surface area (Å²) in [5.74, 6) is 0.319. The highest BCUT2D eigenvalue weighted by molar-refractivity contribution is 6.22. The van der Waals surface area contributed by atoms with E-state index >= 15 is 0 Å². The zero-order chi connectivity index (χ0) is 15.5. The van der Waals surface area contributed by atoms with E-state index in [4.69, 9.17) is 23.2 Å². The smallest absolute Gasteiger partial charge is 0.127 e. The van der Waals surface area contributed by atoms with Crippen LogP contribution in [0.3, 0.4) is 0 Å². The van der Waals surface area contributed by atoms with E-state index in [9.17, 15) is 4.39 Å². The highest BCUT2D eigenvalue weighted by atomic mass is 35.5. The van der Waals surface area contributed by atoms with Gasteiger partial charge in [-0.15, -0.1) is 23.2 Å². The molecule has 0 radical (unpaired) electrons. The fourth-order valence-corrected chi connectivity index (χ4v) is 3.38. The number of hydrogen-bond acceptors (Lipinski definition) is 0. The SMILES string of the molecule is Cc1ccc(C)c(CC(CCl)(CCl)c2ccccc2F)c1. The van der Waals surface area contributed by atoms with Crippen molar-refractivity contribution in [3.63, 3.8) is 0 Å². The summed E-state index contributed by atoms with van der Waals surface area (Å²) in [5, 5.41) is 0. The van der Waals surface area contributed by atoms with Crippen LogP contribution >= 0.6 is 23.2 Å². The third-order valence-electron chi connectivity index (χ3n) is 3.99. The molecule has 21 heavy (non-hydrogen) atoms. The molecule has 0 saturated carbocycles. The van der Waals surface area contributed by atoms with Crippen LogP contribution in [0.1, 0.15) is 22.3 Å². The number of hydrogen-bond donors (Lipinski definition) is 0. The van der Waals surface area contributed by atoms with Crippen molar-refractivity contribution in [1.82, 2.24) is 0 Å². The molecule has 2 aromatic rings. The molecule has 0 fully saturated rings. The first-order valence-electron chi connectivity index (χ1n) is 6.95. The van der Waals surface area contributed by atoms with E-state index in [-0.39, 0.29) is 17.6 Å². The molecule has 0 aliphatic heterocycles. The molecule has 0 saturated heterocycles. The zero-order valence-electron chi connectivity index (χ0n) is 12.3. The molecule has 0 spiro atoms. The molecule has 2 aromatic carbocycles. The number of aryl methyl sites for hydroxylation is 2. The first kappa shape index (κ1) is 16.3. The van der Waals surface area contributed by atoms with Crippen LogP contribution in [0.25, 0.3) is 0 Å². The molecule has 0 aromatic heterocycles. The van der Waals surface area contributed by atoms with Crippen molar-refractivity contribution in [3.05, 3.63) is 70.5 Å². The highest BCUT2D eigenvalue weighted by Crippen LogP contribution is 2.34. The molecule has 0 nitrogen and oxygen atoms in total. The van der Waals surface area contributed by atoms with Gasteiger partial charge in [-0.2, -0.15) is 0 Å². The van der Waals surface area contributed by atoms with Crippen molar-refractivity contribution < 1.29 is 4.39 Å². The summed E-state index contributed by atoms with van der Waals surface area (Å²) in [6.07, 6.45) is 0.633. The highest BCUT2D eigenvalue weighted by Gasteiger charge is 2.33. The standard InChI is InChI=1S/C18H19Cl2F/c1-13-7-8-14(2)15(9-13)10-18(11-19,12-20)16-5-3-4-6-17(16)21/h3-9H,10-12H2,1-2H3. The van der Waals surface area contributed by atoms with Crippen molar-refractivity contribution in [2.45, 2.75) is 25.7 Å². The number of rotatable bonds is 5. The van der Waals surface area contributed by atoms with Crippen LogP contribution in [-0.4, -0.2) is 11.8 Å². The average Bonchev–Trinajstić information content (AvgIpc) is 2.49. The largest absolute Gasteiger partial charge is 0.207 e. The Morgan fingerprint density at radius 1 is 1.00 bits per heavy atom. The van der Waals surface area contributed by atoms with Gasteiger partial charge >= 0.3 is 0 Å². The van der Waals surface area contributed by atoms with Gasteiger partial charge in [0.15, 0.2) is 0 Å². The lowest BCUT2D eigenvalue weighted by molar-refractivity contribution is 0.490. The van der Waals surface area contributed by atoms with Crippen LogP contribution in [-0.2, 0) is 11.8 Å². The first-order valence-corrected chi connectivity index (χ1v) is 8.02. The van der Waals surface area contributed by atoms with E-state index in [1.807, 2.05) is 6.07 Å². The Balaban J connectivity index is 2.48. The molecule has 0 unspecified atom stereocenters. The molecule has 0 amide bonds. The van der Waals surface area contributed by atoms with Crippen LogP contribution in [0.5, 0.6) is 0 Å². The Morgan fingerprint density at radius 2 is 1.67 bits per heavy atom. The van der Waals surface area contributed by atoms with Gasteiger partial charge in [0, 0.05) is 17.2 Å². The van der Waals surface area contributed by atoms with E-state index < -0.39 is 5.41 Å². The minimum absolute atomic E-state index is 0.246. The first-order chi connectivity index (χ1) is 10.0. The monoisotopic (exact) mass is 324 g/mol. The second-order valence-corrected chi connectivity index (χ2v) is 6.17. The maximum atomic E-state index is 14.2. The Kier molecular flexibility index (Phi) is 5.29. The quantitative estimate of drug-likeness (QED) is 0.646. The van der Waals surface area contributed by atoms with Gasteiger partial charge in [0.2, 0.25) is 0 Å². The van der Waals surface area contributed by atoms with Crippen molar-refractivity contribution >= 4 is 23.2 Å². The lowest BCUT2D eigenvalue weighted by atomic mass is 9.77. The lowest BCUT2D eigenvalue weighted by Crippen LogP contribution is -2.34. The molecule has 0 bridgehead atoms. The molecule has 0 N–H and O–H groups in total. The van der Waals surface area contributed by atoms with Crippen molar-refractivity contribution in [2.75, 3.05) is 11.8 Å². The fourth-order valence-electron chi connectivity index (χ4n) is 2.62. The molecule has 112 valence electrons.